The van der Waals surface area contributed by atoms with E-state index in [2.05, 4.69) is 41.5 Å². The number of carbonyl (C=O) groups excluding carboxylic acids is 1. The molecular formula is C23H25N3O2. The molecule has 144 valence electrons. The molecule has 0 unspecified atom stereocenters. The molecule has 0 radical (unpaired) electrons. The van der Waals surface area contributed by atoms with E-state index in [1.165, 1.54) is 5.56 Å². The maximum absolute atomic E-state index is 12.9. The van der Waals surface area contributed by atoms with Crippen molar-refractivity contribution >= 4 is 5.91 Å². The summed E-state index contributed by atoms with van der Waals surface area (Å²) in [6.07, 6.45) is 7.77. The fourth-order valence-corrected chi connectivity index (χ4v) is 3.53. The summed E-state index contributed by atoms with van der Waals surface area (Å²) in [4.78, 5) is 17.0. The summed E-state index contributed by atoms with van der Waals surface area (Å²) in [5.74, 6) is -0.0667. The Labute approximate surface area is 165 Å². The summed E-state index contributed by atoms with van der Waals surface area (Å²) in [6, 6.07) is 14.3. The van der Waals surface area contributed by atoms with Gasteiger partial charge in [0.05, 0.1) is 6.10 Å². The van der Waals surface area contributed by atoms with Gasteiger partial charge in [-0.25, -0.2) is 0 Å². The minimum Gasteiger partial charge on any atom is -0.376 e. The van der Waals surface area contributed by atoms with E-state index < -0.39 is 0 Å². The Hall–Kier alpha value is -2.92. The molecule has 0 aliphatic carbocycles. The van der Waals surface area contributed by atoms with Crippen molar-refractivity contribution < 1.29 is 9.53 Å². The van der Waals surface area contributed by atoms with Gasteiger partial charge in [-0.15, -0.1) is 0 Å². The Morgan fingerprint density at radius 2 is 1.96 bits per heavy atom. The van der Waals surface area contributed by atoms with Crippen molar-refractivity contribution in [2.45, 2.75) is 32.4 Å². The van der Waals surface area contributed by atoms with Crippen molar-refractivity contribution in [3.05, 3.63) is 77.9 Å². The Kier molecular flexibility index (Phi) is 5.53. The van der Waals surface area contributed by atoms with E-state index in [9.17, 15) is 4.79 Å². The van der Waals surface area contributed by atoms with Gasteiger partial charge in [0.2, 0.25) is 0 Å². The smallest absolute Gasteiger partial charge is 0.268 e. The van der Waals surface area contributed by atoms with Gasteiger partial charge in [-0.1, -0.05) is 29.8 Å². The predicted molar refractivity (Wildman–Crippen MR) is 109 cm³/mol. The molecule has 4 rings (SSSR count). The van der Waals surface area contributed by atoms with Crippen LogP contribution in [0.5, 0.6) is 0 Å². The number of rotatable bonds is 6. The standard InChI is InChI=1S/C23H25N3O2/c1-17-4-6-18(7-5-17)15-26-16-20(19-8-10-24-11-9-19)13-22(26)23(27)25-14-21-3-2-12-28-21/h4-11,13,16,21H,2-3,12,14-15H2,1H3,(H,25,27)/t21-/m0/s1. The summed E-state index contributed by atoms with van der Waals surface area (Å²) in [5.41, 5.74) is 5.10. The fourth-order valence-electron chi connectivity index (χ4n) is 3.53. The number of nitrogens with one attached hydrogen (secondary N) is 1. The third kappa shape index (κ3) is 4.31. The number of amides is 1. The van der Waals surface area contributed by atoms with Crippen LogP contribution >= 0.6 is 0 Å². The number of hydrogen-bond acceptors (Lipinski definition) is 3. The van der Waals surface area contributed by atoms with Crippen molar-refractivity contribution in [1.29, 1.82) is 0 Å². The first-order chi connectivity index (χ1) is 13.7. The Morgan fingerprint density at radius 3 is 2.68 bits per heavy atom. The fraction of sp³-hybridized carbons (Fsp3) is 0.304. The maximum Gasteiger partial charge on any atom is 0.268 e. The van der Waals surface area contributed by atoms with Gasteiger partial charge >= 0.3 is 0 Å². The second kappa shape index (κ2) is 8.40. The van der Waals surface area contributed by atoms with Crippen molar-refractivity contribution in [2.75, 3.05) is 13.2 Å². The van der Waals surface area contributed by atoms with E-state index >= 15 is 0 Å². The van der Waals surface area contributed by atoms with Crippen molar-refractivity contribution in [3.63, 3.8) is 0 Å². The molecule has 3 aromatic rings. The van der Waals surface area contributed by atoms with Crippen LogP contribution in [-0.4, -0.2) is 34.7 Å². The second-order valence-corrected chi connectivity index (χ2v) is 7.31. The van der Waals surface area contributed by atoms with Crippen molar-refractivity contribution in [1.82, 2.24) is 14.9 Å². The molecular weight excluding hydrogens is 350 g/mol. The first-order valence-electron chi connectivity index (χ1n) is 9.75. The molecule has 5 nitrogen and oxygen atoms in total. The number of nitrogens with zero attached hydrogens (tertiary/aromatic N) is 2. The average Bonchev–Trinajstić information content (AvgIpc) is 3.39. The number of aryl methyl sites for hydroxylation is 1. The van der Waals surface area contributed by atoms with Crippen LogP contribution in [-0.2, 0) is 11.3 Å². The lowest BCUT2D eigenvalue weighted by molar-refractivity contribution is 0.0850. The molecule has 3 heterocycles. The molecule has 2 aromatic heterocycles. The maximum atomic E-state index is 12.9. The molecule has 1 fully saturated rings. The highest BCUT2D eigenvalue weighted by Crippen LogP contribution is 2.23. The van der Waals surface area contributed by atoms with E-state index in [0.717, 1.165) is 36.1 Å². The van der Waals surface area contributed by atoms with Crippen molar-refractivity contribution in [2.24, 2.45) is 0 Å². The number of hydrogen-bond donors (Lipinski definition) is 1. The largest absolute Gasteiger partial charge is 0.376 e. The van der Waals surface area contributed by atoms with Crippen LogP contribution in [0.4, 0.5) is 0 Å². The monoisotopic (exact) mass is 375 g/mol. The molecule has 0 spiro atoms. The number of benzene rings is 1. The predicted octanol–water partition coefficient (Wildman–Crippen LogP) is 3.82. The van der Waals surface area contributed by atoms with Gasteiger partial charge in [0, 0.05) is 43.9 Å². The van der Waals surface area contributed by atoms with Crippen LogP contribution < -0.4 is 5.32 Å². The SMILES string of the molecule is Cc1ccc(Cn2cc(-c3ccncc3)cc2C(=O)NC[C@@H]2CCCO2)cc1. The second-order valence-electron chi connectivity index (χ2n) is 7.31. The van der Waals surface area contributed by atoms with E-state index in [0.29, 0.717) is 18.8 Å². The summed E-state index contributed by atoms with van der Waals surface area (Å²) < 4.78 is 7.64. The molecule has 1 aliphatic heterocycles. The van der Waals surface area contributed by atoms with Crippen molar-refractivity contribution in [3.8, 4) is 11.1 Å². The molecule has 0 bridgehead atoms. The minimum absolute atomic E-state index is 0.0667. The van der Waals surface area contributed by atoms with Gasteiger partial charge in [-0.05, 0) is 49.1 Å². The van der Waals surface area contributed by atoms with Gasteiger partial charge < -0.3 is 14.6 Å². The van der Waals surface area contributed by atoms with E-state index in [1.54, 1.807) is 12.4 Å². The first kappa shape index (κ1) is 18.4. The summed E-state index contributed by atoms with van der Waals surface area (Å²) >= 11 is 0. The number of carbonyl (C=O) groups is 1. The zero-order chi connectivity index (χ0) is 19.3. The zero-order valence-corrected chi connectivity index (χ0v) is 16.1. The third-order valence-corrected chi connectivity index (χ3v) is 5.13. The molecule has 1 aromatic carbocycles. The number of aromatic nitrogens is 2. The van der Waals surface area contributed by atoms with Gasteiger partial charge in [-0.2, -0.15) is 0 Å². The van der Waals surface area contributed by atoms with Gasteiger partial charge in [-0.3, -0.25) is 9.78 Å². The summed E-state index contributed by atoms with van der Waals surface area (Å²) in [6.45, 7) is 4.06. The topological polar surface area (TPSA) is 56.2 Å². The van der Waals surface area contributed by atoms with Crippen LogP contribution in [0.1, 0.15) is 34.5 Å². The lowest BCUT2D eigenvalue weighted by atomic mass is 10.1. The average molecular weight is 375 g/mol. The van der Waals surface area contributed by atoms with Crippen LogP contribution in [0.3, 0.4) is 0 Å². The highest BCUT2D eigenvalue weighted by atomic mass is 16.5. The van der Waals surface area contributed by atoms with Gasteiger partial charge in [0.25, 0.3) is 5.91 Å². The Bertz CT molecular complexity index is 926. The lowest BCUT2D eigenvalue weighted by Crippen LogP contribution is -2.33. The molecule has 1 amide bonds. The highest BCUT2D eigenvalue weighted by Gasteiger charge is 2.19. The number of ether oxygens (including phenoxy) is 1. The Morgan fingerprint density at radius 1 is 1.18 bits per heavy atom. The minimum atomic E-state index is -0.0667. The molecule has 1 atom stereocenters. The summed E-state index contributed by atoms with van der Waals surface area (Å²) in [5, 5.41) is 3.04. The zero-order valence-electron chi connectivity index (χ0n) is 16.1. The summed E-state index contributed by atoms with van der Waals surface area (Å²) in [7, 11) is 0. The van der Waals surface area contributed by atoms with Gasteiger partial charge in [0.15, 0.2) is 0 Å². The third-order valence-electron chi connectivity index (χ3n) is 5.13. The van der Waals surface area contributed by atoms with Crippen LogP contribution in [0.2, 0.25) is 0 Å². The van der Waals surface area contributed by atoms with E-state index in [1.807, 2.05) is 29.0 Å². The lowest BCUT2D eigenvalue weighted by Gasteiger charge is -2.13. The van der Waals surface area contributed by atoms with E-state index in [4.69, 9.17) is 4.74 Å². The molecule has 28 heavy (non-hydrogen) atoms. The Balaban J connectivity index is 1.59. The molecule has 0 saturated carbocycles. The molecule has 1 aliphatic rings. The number of pyridine rings is 1. The van der Waals surface area contributed by atoms with Crippen LogP contribution in [0, 0.1) is 6.92 Å². The molecule has 1 N–H and O–H groups in total. The van der Waals surface area contributed by atoms with Crippen LogP contribution in [0.15, 0.2) is 61.1 Å². The molecule has 5 heteroatoms. The first-order valence-corrected chi connectivity index (χ1v) is 9.75. The normalized spacial score (nSPS) is 16.2. The van der Waals surface area contributed by atoms with Gasteiger partial charge in [0.1, 0.15) is 5.69 Å². The highest BCUT2D eigenvalue weighted by molar-refractivity contribution is 5.94. The molecule has 1 saturated heterocycles. The quantitative estimate of drug-likeness (QED) is 0.713. The van der Waals surface area contributed by atoms with E-state index in [-0.39, 0.29) is 12.0 Å². The van der Waals surface area contributed by atoms with Crippen LogP contribution in [0.25, 0.3) is 11.1 Å².